The Morgan fingerprint density at radius 1 is 1.31 bits per heavy atom. The fraction of sp³-hybridized carbons (Fsp3) is 0.400. The van der Waals surface area contributed by atoms with E-state index in [2.05, 4.69) is 0 Å². The second-order valence-electron chi connectivity index (χ2n) is 3.01. The normalized spacial score (nSPS) is 19.1. The molecule has 1 heterocycles. The van der Waals surface area contributed by atoms with Gasteiger partial charge in [-0.1, -0.05) is 13.0 Å². The fourth-order valence-corrected chi connectivity index (χ4v) is 1.31. The molecule has 1 atom stereocenters. The summed E-state index contributed by atoms with van der Waals surface area (Å²) >= 11 is 0. The van der Waals surface area contributed by atoms with Crippen molar-refractivity contribution in [2.45, 2.75) is 26.2 Å². The number of rotatable bonds is 2. The highest BCUT2D eigenvalue weighted by Gasteiger charge is 2.22. The van der Waals surface area contributed by atoms with E-state index in [1.165, 1.54) is 0 Å². The van der Waals surface area contributed by atoms with E-state index in [4.69, 9.17) is 14.6 Å². The lowest BCUT2D eigenvalue weighted by Gasteiger charge is -2.04. The molecule has 3 heteroatoms. The van der Waals surface area contributed by atoms with Crippen LogP contribution in [0.2, 0.25) is 0 Å². The minimum absolute atomic E-state index is 0.0352. The van der Waals surface area contributed by atoms with E-state index in [1.54, 1.807) is 0 Å². The van der Waals surface area contributed by atoms with Gasteiger partial charge in [0.05, 0.1) is 6.61 Å². The first-order chi connectivity index (χ1) is 6.33. The minimum Gasteiger partial charge on any atom is -0.451 e. The number of hydrogen-bond donors (Lipinski definition) is 1. The highest BCUT2D eigenvalue weighted by atomic mass is 16.7. The highest BCUT2D eigenvalue weighted by molar-refractivity contribution is 5.44. The summed E-state index contributed by atoms with van der Waals surface area (Å²) in [6.07, 6.45) is 0.660. The Morgan fingerprint density at radius 3 is 2.77 bits per heavy atom. The maximum absolute atomic E-state index is 8.90. The van der Waals surface area contributed by atoms with Crippen LogP contribution in [0.15, 0.2) is 18.2 Å². The first-order valence-electron chi connectivity index (χ1n) is 4.40. The van der Waals surface area contributed by atoms with Crippen molar-refractivity contribution in [2.24, 2.45) is 0 Å². The van der Waals surface area contributed by atoms with Crippen molar-refractivity contribution < 1.29 is 14.6 Å². The summed E-state index contributed by atoms with van der Waals surface area (Å²) in [4.78, 5) is 0. The summed E-state index contributed by atoms with van der Waals surface area (Å²) in [5.41, 5.74) is 0.846. The van der Waals surface area contributed by atoms with Gasteiger partial charge < -0.3 is 14.6 Å². The Kier molecular flexibility index (Phi) is 2.10. The van der Waals surface area contributed by atoms with Gasteiger partial charge in [0.1, 0.15) is 0 Å². The van der Waals surface area contributed by atoms with Crippen LogP contribution in [-0.4, -0.2) is 11.4 Å². The number of aliphatic hydroxyl groups is 1. The van der Waals surface area contributed by atoms with Gasteiger partial charge >= 0.3 is 0 Å². The van der Waals surface area contributed by atoms with Gasteiger partial charge in [-0.2, -0.15) is 0 Å². The number of hydrogen-bond acceptors (Lipinski definition) is 3. The summed E-state index contributed by atoms with van der Waals surface area (Å²) in [5, 5.41) is 8.90. The first kappa shape index (κ1) is 8.38. The van der Waals surface area contributed by atoms with Crippen LogP contribution in [0, 0.1) is 0 Å². The highest BCUT2D eigenvalue weighted by Crippen LogP contribution is 2.35. The van der Waals surface area contributed by atoms with E-state index in [0.29, 0.717) is 0 Å². The van der Waals surface area contributed by atoms with Crippen molar-refractivity contribution in [1.29, 1.82) is 0 Å². The van der Waals surface area contributed by atoms with E-state index < -0.39 is 0 Å². The van der Waals surface area contributed by atoms with Crippen molar-refractivity contribution in [1.82, 2.24) is 0 Å². The molecule has 0 aliphatic carbocycles. The topological polar surface area (TPSA) is 38.7 Å². The zero-order valence-corrected chi connectivity index (χ0v) is 7.49. The summed E-state index contributed by atoms with van der Waals surface area (Å²) < 4.78 is 10.9. The van der Waals surface area contributed by atoms with Gasteiger partial charge in [-0.25, -0.2) is 0 Å². The number of benzene rings is 1. The molecular formula is C10H12O3. The monoisotopic (exact) mass is 180 g/mol. The molecule has 3 nitrogen and oxygen atoms in total. The van der Waals surface area contributed by atoms with Crippen molar-refractivity contribution in [3.63, 3.8) is 0 Å². The molecule has 0 amide bonds. The average molecular weight is 180 g/mol. The zero-order valence-electron chi connectivity index (χ0n) is 7.49. The van der Waals surface area contributed by atoms with Crippen molar-refractivity contribution in [3.05, 3.63) is 23.8 Å². The molecule has 70 valence electrons. The molecular weight excluding hydrogens is 168 g/mol. The van der Waals surface area contributed by atoms with Gasteiger partial charge in [-0.15, -0.1) is 0 Å². The molecule has 0 aromatic heterocycles. The van der Waals surface area contributed by atoms with Crippen LogP contribution in [0.1, 0.15) is 18.9 Å². The number of ether oxygens (including phenoxy) is 2. The largest absolute Gasteiger partial charge is 0.451 e. The van der Waals surface area contributed by atoms with Gasteiger partial charge in [0.25, 0.3) is 0 Å². The maximum Gasteiger partial charge on any atom is 0.241 e. The van der Waals surface area contributed by atoms with Crippen LogP contribution in [0.4, 0.5) is 0 Å². The Labute approximate surface area is 76.9 Å². The Morgan fingerprint density at radius 2 is 2.08 bits per heavy atom. The summed E-state index contributed by atoms with van der Waals surface area (Å²) in [6, 6.07) is 5.47. The molecule has 0 spiro atoms. The van der Waals surface area contributed by atoms with E-state index in [9.17, 15) is 0 Å². The van der Waals surface area contributed by atoms with Crippen molar-refractivity contribution in [3.8, 4) is 11.5 Å². The number of aliphatic hydroxyl groups excluding tert-OH is 1. The molecule has 1 aliphatic heterocycles. The van der Waals surface area contributed by atoms with Crippen LogP contribution in [0.5, 0.6) is 11.5 Å². The minimum atomic E-state index is -0.163. The maximum atomic E-state index is 8.90. The smallest absolute Gasteiger partial charge is 0.241 e. The van der Waals surface area contributed by atoms with E-state index >= 15 is 0 Å². The lowest BCUT2D eigenvalue weighted by Crippen LogP contribution is -2.15. The van der Waals surface area contributed by atoms with Gasteiger partial charge in [-0.3, -0.25) is 0 Å². The summed E-state index contributed by atoms with van der Waals surface area (Å²) in [7, 11) is 0. The molecule has 1 unspecified atom stereocenters. The molecule has 1 aromatic rings. The predicted molar refractivity (Wildman–Crippen MR) is 47.7 cm³/mol. The molecule has 0 saturated carbocycles. The van der Waals surface area contributed by atoms with Gasteiger partial charge in [-0.05, 0) is 17.7 Å². The SMILES string of the molecule is CCC1Oc2ccc(CO)cc2O1. The fourth-order valence-electron chi connectivity index (χ4n) is 1.31. The van der Waals surface area contributed by atoms with Gasteiger partial charge in [0.2, 0.25) is 6.29 Å². The third-order valence-corrected chi connectivity index (χ3v) is 2.04. The third kappa shape index (κ3) is 1.47. The lowest BCUT2D eigenvalue weighted by atomic mass is 10.2. The second kappa shape index (κ2) is 3.26. The first-order valence-corrected chi connectivity index (χ1v) is 4.40. The molecule has 0 bridgehead atoms. The molecule has 1 aliphatic rings. The molecule has 2 rings (SSSR count). The molecule has 13 heavy (non-hydrogen) atoms. The van der Waals surface area contributed by atoms with Crippen LogP contribution >= 0.6 is 0 Å². The predicted octanol–water partition coefficient (Wildman–Crippen LogP) is 1.69. The summed E-state index contributed by atoms with van der Waals surface area (Å²) in [6.45, 7) is 2.04. The van der Waals surface area contributed by atoms with Crippen LogP contribution in [0.3, 0.4) is 0 Å². The third-order valence-electron chi connectivity index (χ3n) is 2.04. The average Bonchev–Trinajstić information content (AvgIpc) is 2.58. The molecule has 1 N–H and O–H groups in total. The van der Waals surface area contributed by atoms with Crippen LogP contribution in [-0.2, 0) is 6.61 Å². The van der Waals surface area contributed by atoms with Gasteiger partial charge in [0, 0.05) is 6.42 Å². The molecule has 0 saturated heterocycles. The second-order valence-corrected chi connectivity index (χ2v) is 3.01. The summed E-state index contributed by atoms with van der Waals surface area (Å²) in [5.74, 6) is 1.50. The van der Waals surface area contributed by atoms with E-state index in [1.807, 2.05) is 25.1 Å². The van der Waals surface area contributed by atoms with E-state index in [0.717, 1.165) is 23.5 Å². The zero-order chi connectivity index (χ0) is 9.26. The number of fused-ring (bicyclic) bond motifs is 1. The van der Waals surface area contributed by atoms with Gasteiger partial charge in [0.15, 0.2) is 11.5 Å². The van der Waals surface area contributed by atoms with Crippen LogP contribution in [0.25, 0.3) is 0 Å². The Hall–Kier alpha value is -1.22. The Balaban J connectivity index is 2.25. The lowest BCUT2D eigenvalue weighted by molar-refractivity contribution is 0.0464. The molecule has 0 radical (unpaired) electrons. The van der Waals surface area contributed by atoms with Crippen LogP contribution < -0.4 is 9.47 Å². The standard InChI is InChI=1S/C10H12O3/c1-2-10-12-8-4-3-7(6-11)5-9(8)13-10/h3-5,10-11H,2,6H2,1H3. The molecule has 0 fully saturated rings. The Bertz CT molecular complexity index is 309. The van der Waals surface area contributed by atoms with Crippen molar-refractivity contribution >= 4 is 0 Å². The molecule has 1 aromatic carbocycles. The van der Waals surface area contributed by atoms with Crippen molar-refractivity contribution in [2.75, 3.05) is 0 Å². The van der Waals surface area contributed by atoms with E-state index in [-0.39, 0.29) is 12.9 Å². The quantitative estimate of drug-likeness (QED) is 0.752.